The molecule has 182 valence electrons. The molecule has 0 bridgehead atoms. The van der Waals surface area contributed by atoms with Gasteiger partial charge >= 0.3 is 6.18 Å². The number of pyridine rings is 1. The van der Waals surface area contributed by atoms with E-state index in [2.05, 4.69) is 11.6 Å². The van der Waals surface area contributed by atoms with Crippen LogP contribution in [0.25, 0.3) is 16.5 Å². The highest BCUT2D eigenvalue weighted by Crippen LogP contribution is 2.37. The number of carbonyl (C=O) groups is 1. The van der Waals surface area contributed by atoms with Crippen molar-refractivity contribution in [3.63, 3.8) is 0 Å². The molecule has 2 rings (SSSR count). The van der Waals surface area contributed by atoms with E-state index in [9.17, 15) is 23.1 Å². The van der Waals surface area contributed by atoms with E-state index >= 15 is 0 Å². The molecule has 1 aromatic carbocycles. The number of benzene rings is 1. The van der Waals surface area contributed by atoms with Gasteiger partial charge in [0.15, 0.2) is 5.78 Å². The number of Topliss-reactive ketones (excluding diaryl/α,β-unsaturated/α-hetero) is 1. The maximum atomic E-state index is 13.2. The summed E-state index contributed by atoms with van der Waals surface area (Å²) in [6.07, 6.45) is 2.52. The van der Waals surface area contributed by atoms with Crippen LogP contribution in [0.5, 0.6) is 0 Å². The highest BCUT2D eigenvalue weighted by molar-refractivity contribution is 6.00. The van der Waals surface area contributed by atoms with E-state index in [0.29, 0.717) is 11.1 Å². The monoisotopic (exact) mass is 474 g/mol. The standard InChI is InChI=1S/C25H29F3N4O2/c1-5-8-9-18(6-2)20-13-21(16(4)33)31-22-12-17(10-11-19(20)22)14-32(30)15-23(29)24(34,7-3)25(26,27)28/h5-6,8-13,15,34H,2,7,14,29-30H2,1,3-4H3/b8-5-,18-9+,23-15-. The highest BCUT2D eigenvalue weighted by atomic mass is 19.4. The molecule has 2 aromatic rings. The molecule has 0 saturated heterocycles. The number of nitrogens with two attached hydrogens (primary N) is 2. The molecule has 0 spiro atoms. The van der Waals surface area contributed by atoms with Gasteiger partial charge in [0.05, 0.1) is 17.8 Å². The second-order valence-corrected chi connectivity index (χ2v) is 7.78. The van der Waals surface area contributed by atoms with E-state index in [1.54, 1.807) is 30.3 Å². The molecule has 0 aliphatic heterocycles. The summed E-state index contributed by atoms with van der Waals surface area (Å²) >= 11 is 0. The van der Waals surface area contributed by atoms with Crippen LogP contribution in [-0.4, -0.2) is 32.7 Å². The molecule has 0 aliphatic rings. The number of alkyl halides is 3. The van der Waals surface area contributed by atoms with Crippen molar-refractivity contribution in [3.8, 4) is 0 Å². The Morgan fingerprint density at radius 3 is 2.50 bits per heavy atom. The van der Waals surface area contributed by atoms with Crippen molar-refractivity contribution in [2.75, 3.05) is 0 Å². The van der Waals surface area contributed by atoms with Crippen molar-refractivity contribution in [2.24, 2.45) is 11.6 Å². The molecular formula is C25H29F3N4O2. The number of aliphatic hydroxyl groups is 1. The zero-order valence-corrected chi connectivity index (χ0v) is 19.4. The minimum absolute atomic E-state index is 0.0155. The number of rotatable bonds is 9. The van der Waals surface area contributed by atoms with Gasteiger partial charge in [-0.25, -0.2) is 10.8 Å². The average Bonchev–Trinajstić information content (AvgIpc) is 2.77. The predicted octanol–water partition coefficient (Wildman–Crippen LogP) is 4.76. The van der Waals surface area contributed by atoms with Crippen molar-refractivity contribution in [2.45, 2.75) is 45.5 Å². The number of carbonyl (C=O) groups excluding carboxylic acids is 1. The van der Waals surface area contributed by atoms with Crippen molar-refractivity contribution in [3.05, 3.63) is 83.9 Å². The van der Waals surface area contributed by atoms with E-state index in [1.807, 2.05) is 25.2 Å². The van der Waals surface area contributed by atoms with Crippen molar-refractivity contribution < 1.29 is 23.1 Å². The van der Waals surface area contributed by atoms with Gasteiger partial charge in [-0.3, -0.25) is 4.79 Å². The van der Waals surface area contributed by atoms with Gasteiger partial charge in [-0.1, -0.05) is 49.9 Å². The summed E-state index contributed by atoms with van der Waals surface area (Å²) in [7, 11) is 0. The Morgan fingerprint density at radius 1 is 1.29 bits per heavy atom. The Morgan fingerprint density at radius 2 is 1.97 bits per heavy atom. The second-order valence-electron chi connectivity index (χ2n) is 7.78. The zero-order valence-electron chi connectivity index (χ0n) is 19.4. The Hall–Kier alpha value is -3.43. The minimum atomic E-state index is -4.95. The van der Waals surface area contributed by atoms with Crippen LogP contribution >= 0.6 is 0 Å². The lowest BCUT2D eigenvalue weighted by atomic mass is 9.96. The Kier molecular flexibility index (Phi) is 8.41. The normalized spacial score (nSPS) is 14.9. The van der Waals surface area contributed by atoms with Crippen LogP contribution in [0.15, 0.2) is 67.0 Å². The summed E-state index contributed by atoms with van der Waals surface area (Å²) in [6.45, 7) is 8.30. The Bertz CT molecular complexity index is 1170. The molecule has 34 heavy (non-hydrogen) atoms. The molecule has 1 heterocycles. The van der Waals surface area contributed by atoms with E-state index in [-0.39, 0.29) is 18.0 Å². The summed E-state index contributed by atoms with van der Waals surface area (Å²) in [5, 5.41) is 11.7. The second kappa shape index (κ2) is 10.7. The first-order valence-electron chi connectivity index (χ1n) is 10.6. The maximum absolute atomic E-state index is 13.2. The van der Waals surface area contributed by atoms with Gasteiger partial charge in [-0.15, -0.1) is 0 Å². The van der Waals surface area contributed by atoms with Crippen molar-refractivity contribution in [1.29, 1.82) is 0 Å². The number of hydrazine groups is 1. The van der Waals surface area contributed by atoms with Crippen LogP contribution in [0.2, 0.25) is 0 Å². The summed E-state index contributed by atoms with van der Waals surface area (Å²) in [5.41, 5.74) is 4.51. The summed E-state index contributed by atoms with van der Waals surface area (Å²) in [4.78, 5) is 16.5. The molecule has 1 aromatic heterocycles. The molecule has 0 radical (unpaired) electrons. The van der Waals surface area contributed by atoms with Gasteiger partial charge in [0.1, 0.15) is 5.69 Å². The molecular weight excluding hydrogens is 445 g/mol. The molecule has 1 atom stereocenters. The molecule has 0 aliphatic carbocycles. The smallest absolute Gasteiger partial charge is 0.398 e. The molecule has 1 unspecified atom stereocenters. The minimum Gasteiger partial charge on any atom is -0.398 e. The zero-order chi connectivity index (χ0) is 25.7. The van der Waals surface area contributed by atoms with Gasteiger partial charge in [-0.2, -0.15) is 13.2 Å². The lowest BCUT2D eigenvalue weighted by Gasteiger charge is -2.30. The van der Waals surface area contributed by atoms with E-state index in [1.165, 1.54) is 13.8 Å². The topological polar surface area (TPSA) is 105 Å². The number of nitrogens with zero attached hydrogens (tertiary/aromatic N) is 2. The number of ketones is 1. The first-order chi connectivity index (χ1) is 15.9. The van der Waals surface area contributed by atoms with Crippen LogP contribution in [0, 0.1) is 0 Å². The van der Waals surface area contributed by atoms with Gasteiger partial charge in [0.25, 0.3) is 0 Å². The van der Waals surface area contributed by atoms with Crippen LogP contribution in [-0.2, 0) is 6.54 Å². The average molecular weight is 475 g/mol. The number of fused-ring (bicyclic) bond motifs is 1. The van der Waals surface area contributed by atoms with Crippen molar-refractivity contribution >= 4 is 22.3 Å². The van der Waals surface area contributed by atoms with Gasteiger partial charge in [0, 0.05) is 18.5 Å². The summed E-state index contributed by atoms with van der Waals surface area (Å²) in [6, 6.07) is 6.93. The molecule has 0 saturated carbocycles. The Balaban J connectivity index is 2.50. The largest absolute Gasteiger partial charge is 0.422 e. The third-order valence-corrected chi connectivity index (χ3v) is 5.36. The van der Waals surface area contributed by atoms with Crippen LogP contribution in [0.4, 0.5) is 13.2 Å². The van der Waals surface area contributed by atoms with E-state index < -0.39 is 23.9 Å². The van der Waals surface area contributed by atoms with Gasteiger partial charge < -0.3 is 15.8 Å². The summed E-state index contributed by atoms with van der Waals surface area (Å²) < 4.78 is 39.7. The predicted molar refractivity (Wildman–Crippen MR) is 128 cm³/mol. The Labute approximate surface area is 196 Å². The quantitative estimate of drug-likeness (QED) is 0.209. The van der Waals surface area contributed by atoms with Crippen LogP contribution in [0.1, 0.15) is 48.8 Å². The number of aromatic nitrogens is 1. The fourth-order valence-corrected chi connectivity index (χ4v) is 3.37. The van der Waals surface area contributed by atoms with Crippen molar-refractivity contribution in [1.82, 2.24) is 9.99 Å². The molecule has 0 amide bonds. The number of hydrogen-bond acceptors (Lipinski definition) is 6. The van der Waals surface area contributed by atoms with Crippen LogP contribution in [0.3, 0.4) is 0 Å². The molecule has 5 N–H and O–H groups in total. The lowest BCUT2D eigenvalue weighted by Crippen LogP contribution is -2.49. The fraction of sp³-hybridized carbons (Fsp3) is 0.280. The third kappa shape index (κ3) is 5.73. The molecule has 6 nitrogen and oxygen atoms in total. The number of halogens is 3. The lowest BCUT2D eigenvalue weighted by molar-refractivity contribution is -0.245. The fourth-order valence-electron chi connectivity index (χ4n) is 3.37. The molecule has 0 fully saturated rings. The highest BCUT2D eigenvalue weighted by Gasteiger charge is 2.54. The van der Waals surface area contributed by atoms with Crippen LogP contribution < -0.4 is 11.6 Å². The maximum Gasteiger partial charge on any atom is 0.422 e. The van der Waals surface area contributed by atoms with E-state index in [0.717, 1.165) is 27.7 Å². The first kappa shape index (κ1) is 26.8. The molecule has 9 heteroatoms. The van der Waals surface area contributed by atoms with E-state index in [4.69, 9.17) is 11.6 Å². The third-order valence-electron chi connectivity index (χ3n) is 5.36. The first-order valence-corrected chi connectivity index (χ1v) is 10.6. The van der Waals surface area contributed by atoms with Gasteiger partial charge in [-0.05, 0) is 42.2 Å². The van der Waals surface area contributed by atoms with Gasteiger partial charge in [0.2, 0.25) is 5.60 Å². The SMILES string of the molecule is C=C/C(=C\C=C/C)c1cc(C(C)=O)nc2cc(CN(N)/C=C(\N)C(O)(CC)C(F)(F)F)ccc12. The number of hydrogen-bond donors (Lipinski definition) is 3. The number of allylic oxidation sites excluding steroid dienone is 5. The summed E-state index contributed by atoms with van der Waals surface area (Å²) in [5.74, 6) is 5.65.